The number of carbonyl (C=O) groups excluding carboxylic acids is 1. The van der Waals surface area contributed by atoms with Gasteiger partial charge < -0.3 is 15.0 Å². The molecule has 0 aliphatic carbocycles. The van der Waals surface area contributed by atoms with Crippen LogP contribution in [0.5, 0.6) is 5.75 Å². The minimum absolute atomic E-state index is 0.00311. The molecule has 150 valence electrons. The number of carbonyl (C=O) groups is 1. The van der Waals surface area contributed by atoms with Gasteiger partial charge >= 0.3 is 6.36 Å². The van der Waals surface area contributed by atoms with Crippen LogP contribution in [0.2, 0.25) is 0 Å². The summed E-state index contributed by atoms with van der Waals surface area (Å²) in [6, 6.07) is 6.34. The van der Waals surface area contributed by atoms with Crippen LogP contribution in [0.15, 0.2) is 36.5 Å². The Kier molecular flexibility index (Phi) is 5.34. The third-order valence-electron chi connectivity index (χ3n) is 3.87. The molecular formula is C17H15F5N4O2. The number of rotatable bonds is 4. The Hall–Kier alpha value is -2.98. The molecule has 1 aliphatic heterocycles. The maximum Gasteiger partial charge on any atom is 0.573 e. The zero-order valence-corrected chi connectivity index (χ0v) is 14.3. The Balaban J connectivity index is 1.73. The van der Waals surface area contributed by atoms with Crippen molar-refractivity contribution in [2.45, 2.75) is 25.1 Å². The van der Waals surface area contributed by atoms with Crippen LogP contribution in [-0.4, -0.2) is 46.1 Å². The summed E-state index contributed by atoms with van der Waals surface area (Å²) in [7, 11) is 0. The lowest BCUT2D eigenvalue weighted by molar-refractivity contribution is -0.274. The second-order valence-corrected chi connectivity index (χ2v) is 6.14. The molecule has 0 bridgehead atoms. The standard InChI is InChI=1S/C17H15F5N4O2/c18-16(19)6-2-8-26(10-16)15(27)12-3-1-4-13(24-12)25-14-9-11(5-7-23-14)28-17(20,21)22/h1,3-5,7,9H,2,6,8,10H2,(H,23,24,25). The number of pyridine rings is 2. The van der Waals surface area contributed by atoms with Crippen LogP contribution in [-0.2, 0) is 0 Å². The molecule has 0 radical (unpaired) electrons. The fraction of sp³-hybridized carbons (Fsp3) is 0.353. The summed E-state index contributed by atoms with van der Waals surface area (Å²) in [5.74, 6) is -3.94. The molecule has 1 N–H and O–H groups in total. The molecule has 1 aliphatic rings. The van der Waals surface area contributed by atoms with Gasteiger partial charge in [0.25, 0.3) is 11.8 Å². The first-order valence-electron chi connectivity index (χ1n) is 8.24. The van der Waals surface area contributed by atoms with E-state index < -0.39 is 30.5 Å². The minimum atomic E-state index is -4.85. The van der Waals surface area contributed by atoms with E-state index in [0.717, 1.165) is 23.2 Å². The first-order valence-corrected chi connectivity index (χ1v) is 8.24. The molecule has 3 heterocycles. The summed E-state index contributed by atoms with van der Waals surface area (Å²) >= 11 is 0. The Morgan fingerprint density at radius 3 is 2.71 bits per heavy atom. The highest BCUT2D eigenvalue weighted by atomic mass is 19.4. The topological polar surface area (TPSA) is 67.3 Å². The summed E-state index contributed by atoms with van der Waals surface area (Å²) in [6.07, 6.45) is -3.83. The average Bonchev–Trinajstić information content (AvgIpc) is 2.59. The Bertz CT molecular complexity index is 859. The monoisotopic (exact) mass is 402 g/mol. The third kappa shape index (κ3) is 5.27. The molecule has 2 aromatic heterocycles. The van der Waals surface area contributed by atoms with E-state index in [1.54, 1.807) is 0 Å². The average molecular weight is 402 g/mol. The maximum atomic E-state index is 13.5. The van der Waals surface area contributed by atoms with Crippen molar-refractivity contribution in [1.82, 2.24) is 14.9 Å². The van der Waals surface area contributed by atoms with Crippen molar-refractivity contribution >= 4 is 17.5 Å². The van der Waals surface area contributed by atoms with Crippen molar-refractivity contribution in [2.75, 3.05) is 18.4 Å². The number of hydrogen-bond acceptors (Lipinski definition) is 5. The summed E-state index contributed by atoms with van der Waals surface area (Å²) in [5.41, 5.74) is -0.0644. The number of amides is 1. The smallest absolute Gasteiger partial charge is 0.406 e. The van der Waals surface area contributed by atoms with Gasteiger partial charge in [0.1, 0.15) is 23.1 Å². The maximum absolute atomic E-state index is 13.5. The second kappa shape index (κ2) is 7.56. The Labute approximate surface area is 156 Å². The molecule has 11 heteroatoms. The van der Waals surface area contributed by atoms with E-state index in [2.05, 4.69) is 20.0 Å². The van der Waals surface area contributed by atoms with Crippen molar-refractivity contribution < 1.29 is 31.5 Å². The highest BCUT2D eigenvalue weighted by Gasteiger charge is 2.37. The molecule has 0 saturated carbocycles. The third-order valence-corrected chi connectivity index (χ3v) is 3.87. The lowest BCUT2D eigenvalue weighted by atomic mass is 10.1. The van der Waals surface area contributed by atoms with E-state index in [9.17, 15) is 26.7 Å². The van der Waals surface area contributed by atoms with Crippen LogP contribution in [0.1, 0.15) is 23.3 Å². The summed E-state index contributed by atoms with van der Waals surface area (Å²) in [5, 5.41) is 2.66. The molecule has 1 fully saturated rings. The summed E-state index contributed by atoms with van der Waals surface area (Å²) in [6.45, 7) is -0.476. The van der Waals surface area contributed by atoms with E-state index in [-0.39, 0.29) is 36.7 Å². The molecule has 6 nitrogen and oxygen atoms in total. The van der Waals surface area contributed by atoms with Crippen molar-refractivity contribution in [2.24, 2.45) is 0 Å². The van der Waals surface area contributed by atoms with E-state index in [1.165, 1.54) is 18.2 Å². The van der Waals surface area contributed by atoms with Gasteiger partial charge in [0.15, 0.2) is 0 Å². The molecule has 0 aromatic carbocycles. The van der Waals surface area contributed by atoms with Gasteiger partial charge in [-0.05, 0) is 24.6 Å². The number of anilines is 2. The van der Waals surface area contributed by atoms with Gasteiger partial charge in [0.2, 0.25) is 0 Å². The first kappa shape index (κ1) is 19.8. The fourth-order valence-electron chi connectivity index (χ4n) is 2.73. The van der Waals surface area contributed by atoms with E-state index in [1.807, 2.05) is 0 Å². The first-order chi connectivity index (χ1) is 13.1. The van der Waals surface area contributed by atoms with Gasteiger partial charge in [-0.15, -0.1) is 13.2 Å². The molecule has 3 rings (SSSR count). The van der Waals surface area contributed by atoms with E-state index >= 15 is 0 Å². The number of aromatic nitrogens is 2. The van der Waals surface area contributed by atoms with Crippen molar-refractivity contribution in [3.8, 4) is 5.75 Å². The molecular weight excluding hydrogens is 387 g/mol. The number of nitrogens with one attached hydrogen (secondary N) is 1. The van der Waals surface area contributed by atoms with Crippen molar-refractivity contribution in [3.63, 3.8) is 0 Å². The van der Waals surface area contributed by atoms with E-state index in [4.69, 9.17) is 0 Å². The Morgan fingerprint density at radius 1 is 1.21 bits per heavy atom. The van der Waals surface area contributed by atoms with Gasteiger partial charge in [-0.1, -0.05) is 6.07 Å². The molecule has 0 unspecified atom stereocenters. The molecule has 28 heavy (non-hydrogen) atoms. The van der Waals surface area contributed by atoms with Gasteiger partial charge in [-0.25, -0.2) is 18.7 Å². The second-order valence-electron chi connectivity index (χ2n) is 6.14. The fourth-order valence-corrected chi connectivity index (χ4v) is 2.73. The van der Waals surface area contributed by atoms with Gasteiger partial charge in [0, 0.05) is 25.2 Å². The molecule has 0 atom stereocenters. The number of ether oxygens (including phenoxy) is 1. The van der Waals surface area contributed by atoms with Crippen LogP contribution in [0.25, 0.3) is 0 Å². The predicted molar refractivity (Wildman–Crippen MR) is 88.5 cm³/mol. The summed E-state index contributed by atoms with van der Waals surface area (Å²) in [4.78, 5) is 21.4. The zero-order valence-electron chi connectivity index (χ0n) is 14.3. The highest BCUT2D eigenvalue weighted by molar-refractivity contribution is 5.92. The lowest BCUT2D eigenvalue weighted by Crippen LogP contribution is -2.45. The van der Waals surface area contributed by atoms with Crippen molar-refractivity contribution in [3.05, 3.63) is 42.2 Å². The van der Waals surface area contributed by atoms with E-state index in [0.29, 0.717) is 0 Å². The van der Waals surface area contributed by atoms with Crippen LogP contribution >= 0.6 is 0 Å². The normalized spacial score (nSPS) is 16.5. The quantitative estimate of drug-likeness (QED) is 0.784. The number of hydrogen-bond donors (Lipinski definition) is 1. The lowest BCUT2D eigenvalue weighted by Gasteiger charge is -2.32. The van der Waals surface area contributed by atoms with Gasteiger partial charge in [0.05, 0.1) is 6.54 Å². The number of halogens is 5. The minimum Gasteiger partial charge on any atom is -0.406 e. The van der Waals surface area contributed by atoms with Crippen LogP contribution in [0, 0.1) is 0 Å². The Morgan fingerprint density at radius 2 is 2.00 bits per heavy atom. The zero-order chi connectivity index (χ0) is 20.4. The molecule has 1 amide bonds. The van der Waals surface area contributed by atoms with Crippen LogP contribution in [0.4, 0.5) is 33.6 Å². The van der Waals surface area contributed by atoms with Crippen LogP contribution in [0.3, 0.4) is 0 Å². The van der Waals surface area contributed by atoms with Crippen molar-refractivity contribution in [1.29, 1.82) is 0 Å². The predicted octanol–water partition coefficient (Wildman–Crippen LogP) is 3.99. The number of piperidine rings is 1. The van der Waals surface area contributed by atoms with Gasteiger partial charge in [-0.3, -0.25) is 4.79 Å². The summed E-state index contributed by atoms with van der Waals surface area (Å²) < 4.78 is 67.8. The van der Waals surface area contributed by atoms with Gasteiger partial charge in [-0.2, -0.15) is 0 Å². The molecule has 0 spiro atoms. The number of likely N-dealkylation sites (tertiary alicyclic amines) is 1. The molecule has 1 saturated heterocycles. The number of nitrogens with zero attached hydrogens (tertiary/aromatic N) is 3. The largest absolute Gasteiger partial charge is 0.573 e. The SMILES string of the molecule is O=C(c1cccc(Nc2cc(OC(F)(F)F)ccn2)n1)N1CCCC(F)(F)C1. The highest BCUT2D eigenvalue weighted by Crippen LogP contribution is 2.28. The van der Waals surface area contributed by atoms with Crippen LogP contribution < -0.4 is 10.1 Å². The number of alkyl halides is 5. The molecule has 2 aromatic rings.